The Morgan fingerprint density at radius 3 is 2.50 bits per heavy atom. The maximum atomic E-state index is 12.2. The molecule has 75 valence electrons. The van der Waals surface area contributed by atoms with Crippen molar-refractivity contribution in [1.29, 1.82) is 0 Å². The highest BCUT2D eigenvalue weighted by Crippen LogP contribution is 2.30. The van der Waals surface area contributed by atoms with Gasteiger partial charge in [-0.2, -0.15) is 13.2 Å². The fraction of sp³-hybridized carbons (Fsp3) is 0.300. The summed E-state index contributed by atoms with van der Waals surface area (Å²) in [5.41, 5.74) is 0.310. The van der Waals surface area contributed by atoms with Crippen molar-refractivity contribution in [3.63, 3.8) is 0 Å². The third-order valence-electron chi connectivity index (χ3n) is 1.94. The Balaban J connectivity index is 3.12. The van der Waals surface area contributed by atoms with Gasteiger partial charge >= 0.3 is 6.18 Å². The molecule has 0 heterocycles. The van der Waals surface area contributed by atoms with Crippen LogP contribution in [0.2, 0.25) is 0 Å². The molecule has 0 N–H and O–H groups in total. The van der Waals surface area contributed by atoms with Crippen molar-refractivity contribution < 1.29 is 18.0 Å². The molecule has 0 aliphatic carbocycles. The highest BCUT2D eigenvalue weighted by atomic mass is 19.4. The third-order valence-corrected chi connectivity index (χ3v) is 1.94. The summed E-state index contributed by atoms with van der Waals surface area (Å²) in [6.45, 7) is 1.66. The molecule has 1 rings (SSSR count). The molecule has 0 spiro atoms. The lowest BCUT2D eigenvalue weighted by atomic mass is 10.0. The summed E-state index contributed by atoms with van der Waals surface area (Å²) in [6, 6.07) is 3.35. The number of aryl methyl sites for hydroxylation is 1. The summed E-state index contributed by atoms with van der Waals surface area (Å²) >= 11 is 0. The van der Waals surface area contributed by atoms with Gasteiger partial charge in [-0.1, -0.05) is 6.07 Å². The van der Waals surface area contributed by atoms with Gasteiger partial charge in [0.2, 0.25) is 6.29 Å². The average Bonchev–Trinajstić information content (AvgIpc) is 2.07. The van der Waals surface area contributed by atoms with Gasteiger partial charge in [-0.3, -0.25) is 4.79 Å². The van der Waals surface area contributed by atoms with Crippen LogP contribution in [0.4, 0.5) is 13.2 Å². The van der Waals surface area contributed by atoms with Crippen molar-refractivity contribution >= 4 is 6.29 Å². The van der Waals surface area contributed by atoms with Gasteiger partial charge in [-0.25, -0.2) is 0 Å². The minimum atomic E-state index is -4.36. The maximum Gasteiger partial charge on any atom is 0.416 e. The Bertz CT molecular complexity index is 342. The van der Waals surface area contributed by atoms with E-state index in [0.717, 1.165) is 12.1 Å². The third kappa shape index (κ3) is 2.34. The lowest BCUT2D eigenvalue weighted by Gasteiger charge is -2.09. The summed E-state index contributed by atoms with van der Waals surface area (Å²) < 4.78 is 36.7. The van der Waals surface area contributed by atoms with Gasteiger partial charge in [-0.15, -0.1) is 0 Å². The average molecular weight is 201 g/mol. The molecule has 0 atom stereocenters. The van der Waals surface area contributed by atoms with E-state index in [1.165, 1.54) is 6.07 Å². The van der Waals surface area contributed by atoms with Crippen LogP contribution in [0.25, 0.3) is 0 Å². The second-order valence-corrected chi connectivity index (χ2v) is 2.96. The topological polar surface area (TPSA) is 17.1 Å². The highest BCUT2D eigenvalue weighted by Gasteiger charge is 2.30. The summed E-state index contributed by atoms with van der Waals surface area (Å²) in [6.07, 6.45) is -2.87. The summed E-state index contributed by atoms with van der Waals surface area (Å²) in [5, 5.41) is 0. The number of hydrogen-bond donors (Lipinski definition) is 0. The molecule has 0 saturated carbocycles. The first kappa shape index (κ1) is 10.8. The SMILES string of the molecule is Cc1ccc(C(F)(F)F)cc1C[C]=O. The minimum absolute atomic E-state index is 0.101. The zero-order chi connectivity index (χ0) is 10.8. The molecule has 0 aliphatic heterocycles. The smallest absolute Gasteiger partial charge is 0.291 e. The highest BCUT2D eigenvalue weighted by molar-refractivity contribution is 5.57. The largest absolute Gasteiger partial charge is 0.416 e. The fourth-order valence-corrected chi connectivity index (χ4v) is 1.12. The van der Waals surface area contributed by atoms with E-state index in [-0.39, 0.29) is 6.42 Å². The number of alkyl halides is 3. The predicted molar refractivity (Wildman–Crippen MR) is 45.6 cm³/mol. The van der Waals surface area contributed by atoms with Crippen LogP contribution in [0, 0.1) is 6.92 Å². The van der Waals surface area contributed by atoms with Crippen LogP contribution in [0.15, 0.2) is 18.2 Å². The zero-order valence-corrected chi connectivity index (χ0v) is 7.48. The molecule has 1 aromatic rings. The molecular weight excluding hydrogens is 193 g/mol. The maximum absolute atomic E-state index is 12.2. The first-order valence-corrected chi connectivity index (χ1v) is 3.97. The van der Waals surface area contributed by atoms with Gasteiger partial charge in [0.15, 0.2) is 0 Å². The van der Waals surface area contributed by atoms with E-state index in [4.69, 9.17) is 0 Å². The first-order chi connectivity index (χ1) is 6.45. The van der Waals surface area contributed by atoms with E-state index >= 15 is 0 Å². The molecule has 0 amide bonds. The molecule has 0 fully saturated rings. The molecule has 4 heteroatoms. The Labute approximate surface area is 79.5 Å². The van der Waals surface area contributed by atoms with Crippen LogP contribution in [-0.4, -0.2) is 6.29 Å². The summed E-state index contributed by atoms with van der Waals surface area (Å²) in [7, 11) is 0. The van der Waals surface area contributed by atoms with Gasteiger partial charge < -0.3 is 0 Å². The van der Waals surface area contributed by atoms with E-state index in [0.29, 0.717) is 11.1 Å². The van der Waals surface area contributed by atoms with E-state index < -0.39 is 11.7 Å². The second kappa shape index (κ2) is 3.82. The quantitative estimate of drug-likeness (QED) is 0.718. The number of benzene rings is 1. The summed E-state index contributed by atoms with van der Waals surface area (Å²) in [5.74, 6) is 0. The fourth-order valence-electron chi connectivity index (χ4n) is 1.12. The molecule has 1 radical (unpaired) electrons. The standard InChI is InChI=1S/C10H8F3O/c1-7-2-3-9(10(11,12)13)6-8(7)4-5-14/h2-3,6H,4H2,1H3. The molecule has 0 unspecified atom stereocenters. The van der Waals surface area contributed by atoms with E-state index in [1.54, 1.807) is 13.2 Å². The summed E-state index contributed by atoms with van der Waals surface area (Å²) in [4.78, 5) is 10.1. The van der Waals surface area contributed by atoms with Gasteiger partial charge in [0.25, 0.3) is 0 Å². The normalized spacial score (nSPS) is 11.4. The van der Waals surface area contributed by atoms with E-state index in [2.05, 4.69) is 0 Å². The van der Waals surface area contributed by atoms with Crippen LogP contribution in [0.5, 0.6) is 0 Å². The number of rotatable bonds is 2. The first-order valence-electron chi connectivity index (χ1n) is 3.97. The Morgan fingerprint density at radius 1 is 1.36 bits per heavy atom. The Kier molecular flexibility index (Phi) is 2.93. The van der Waals surface area contributed by atoms with Gasteiger partial charge in [0, 0.05) is 6.42 Å². The number of halogens is 3. The molecule has 0 aliphatic rings. The van der Waals surface area contributed by atoms with Crippen molar-refractivity contribution in [2.24, 2.45) is 0 Å². The molecular formula is C10H8F3O. The van der Waals surface area contributed by atoms with Gasteiger partial charge in [0.05, 0.1) is 5.56 Å². The van der Waals surface area contributed by atoms with Crippen molar-refractivity contribution in [2.75, 3.05) is 0 Å². The van der Waals surface area contributed by atoms with E-state index in [9.17, 15) is 18.0 Å². The molecule has 14 heavy (non-hydrogen) atoms. The molecule has 0 aromatic heterocycles. The molecule has 1 aromatic carbocycles. The lowest BCUT2D eigenvalue weighted by molar-refractivity contribution is -0.137. The van der Waals surface area contributed by atoms with Crippen LogP contribution < -0.4 is 0 Å². The minimum Gasteiger partial charge on any atom is -0.291 e. The zero-order valence-electron chi connectivity index (χ0n) is 7.48. The number of hydrogen-bond acceptors (Lipinski definition) is 1. The van der Waals surface area contributed by atoms with Crippen molar-refractivity contribution in [1.82, 2.24) is 0 Å². The van der Waals surface area contributed by atoms with Crippen LogP contribution in [0.3, 0.4) is 0 Å². The molecule has 1 nitrogen and oxygen atoms in total. The van der Waals surface area contributed by atoms with Gasteiger partial charge in [0.1, 0.15) is 0 Å². The monoisotopic (exact) mass is 201 g/mol. The molecule has 0 saturated heterocycles. The predicted octanol–water partition coefficient (Wildman–Crippen LogP) is 2.67. The van der Waals surface area contributed by atoms with Crippen LogP contribution in [0.1, 0.15) is 16.7 Å². The van der Waals surface area contributed by atoms with Crippen LogP contribution >= 0.6 is 0 Å². The number of carbonyl (C=O) groups excluding carboxylic acids is 1. The Morgan fingerprint density at radius 2 is 2.00 bits per heavy atom. The Hall–Kier alpha value is -1.32. The van der Waals surface area contributed by atoms with Crippen molar-refractivity contribution in [3.05, 3.63) is 34.9 Å². The van der Waals surface area contributed by atoms with Crippen LogP contribution in [-0.2, 0) is 17.4 Å². The van der Waals surface area contributed by atoms with Gasteiger partial charge in [-0.05, 0) is 30.2 Å². The second-order valence-electron chi connectivity index (χ2n) is 2.96. The van der Waals surface area contributed by atoms with Crippen molar-refractivity contribution in [2.45, 2.75) is 19.5 Å². The lowest BCUT2D eigenvalue weighted by Crippen LogP contribution is -2.06. The van der Waals surface area contributed by atoms with E-state index in [1.807, 2.05) is 0 Å². The molecule has 0 bridgehead atoms. The van der Waals surface area contributed by atoms with Crippen molar-refractivity contribution in [3.8, 4) is 0 Å².